The lowest BCUT2D eigenvalue weighted by molar-refractivity contribution is 0.102. The summed E-state index contributed by atoms with van der Waals surface area (Å²) < 4.78 is 13.0. The topological polar surface area (TPSA) is 3.24 Å². The SMILES string of the molecule is CC[C@@H]1CN(C)CC[C@H]1F. The molecule has 0 aromatic carbocycles. The first kappa shape index (κ1) is 7.99. The van der Waals surface area contributed by atoms with E-state index in [1.165, 1.54) is 0 Å². The van der Waals surface area contributed by atoms with Crippen molar-refractivity contribution in [2.75, 3.05) is 20.1 Å². The van der Waals surface area contributed by atoms with Crippen molar-refractivity contribution < 1.29 is 4.39 Å². The van der Waals surface area contributed by atoms with E-state index in [1.54, 1.807) is 0 Å². The van der Waals surface area contributed by atoms with Crippen LogP contribution in [-0.4, -0.2) is 31.2 Å². The predicted octanol–water partition coefficient (Wildman–Crippen LogP) is 1.69. The molecule has 1 fully saturated rings. The van der Waals surface area contributed by atoms with Gasteiger partial charge in [-0.15, -0.1) is 0 Å². The Morgan fingerprint density at radius 3 is 2.80 bits per heavy atom. The van der Waals surface area contributed by atoms with Gasteiger partial charge in [-0.3, -0.25) is 0 Å². The number of hydrogen-bond acceptors (Lipinski definition) is 1. The highest BCUT2D eigenvalue weighted by molar-refractivity contribution is 4.77. The average molecular weight is 145 g/mol. The second-order valence-corrected chi connectivity index (χ2v) is 3.24. The zero-order valence-corrected chi connectivity index (χ0v) is 6.81. The number of piperidine rings is 1. The zero-order valence-electron chi connectivity index (χ0n) is 6.81. The van der Waals surface area contributed by atoms with Crippen molar-refractivity contribution in [3.8, 4) is 0 Å². The highest BCUT2D eigenvalue weighted by Crippen LogP contribution is 2.21. The third-order valence-corrected chi connectivity index (χ3v) is 2.37. The van der Waals surface area contributed by atoms with E-state index < -0.39 is 6.17 Å². The minimum absolute atomic E-state index is 0.291. The van der Waals surface area contributed by atoms with Gasteiger partial charge in [-0.05, 0) is 19.9 Å². The van der Waals surface area contributed by atoms with E-state index in [1.807, 2.05) is 0 Å². The Hall–Kier alpha value is -0.110. The van der Waals surface area contributed by atoms with E-state index in [4.69, 9.17) is 0 Å². The van der Waals surface area contributed by atoms with Crippen LogP contribution in [0.5, 0.6) is 0 Å². The lowest BCUT2D eigenvalue weighted by atomic mass is 9.94. The van der Waals surface area contributed by atoms with Crippen molar-refractivity contribution >= 4 is 0 Å². The van der Waals surface area contributed by atoms with Crippen molar-refractivity contribution in [1.82, 2.24) is 4.90 Å². The smallest absolute Gasteiger partial charge is 0.105 e. The molecule has 0 radical (unpaired) electrons. The van der Waals surface area contributed by atoms with Crippen LogP contribution in [0.3, 0.4) is 0 Å². The lowest BCUT2D eigenvalue weighted by Crippen LogP contribution is -2.38. The van der Waals surface area contributed by atoms with Gasteiger partial charge in [0, 0.05) is 19.0 Å². The van der Waals surface area contributed by atoms with Crippen molar-refractivity contribution in [2.45, 2.75) is 25.9 Å². The zero-order chi connectivity index (χ0) is 7.56. The largest absolute Gasteiger partial charge is 0.306 e. The Bertz CT molecular complexity index is 105. The van der Waals surface area contributed by atoms with Crippen molar-refractivity contribution in [1.29, 1.82) is 0 Å². The highest BCUT2D eigenvalue weighted by Gasteiger charge is 2.25. The number of hydrogen-bond donors (Lipinski definition) is 0. The van der Waals surface area contributed by atoms with Gasteiger partial charge in [-0.2, -0.15) is 0 Å². The Labute approximate surface area is 62.2 Å². The van der Waals surface area contributed by atoms with Gasteiger partial charge in [0.05, 0.1) is 0 Å². The van der Waals surface area contributed by atoms with E-state index in [0.29, 0.717) is 5.92 Å². The number of alkyl halides is 1. The average Bonchev–Trinajstić information content (AvgIpc) is 1.94. The third-order valence-electron chi connectivity index (χ3n) is 2.37. The predicted molar refractivity (Wildman–Crippen MR) is 40.8 cm³/mol. The molecule has 0 spiro atoms. The van der Waals surface area contributed by atoms with Crippen LogP contribution in [-0.2, 0) is 0 Å². The number of nitrogens with zero attached hydrogens (tertiary/aromatic N) is 1. The molecule has 0 aromatic heterocycles. The van der Waals surface area contributed by atoms with E-state index >= 15 is 0 Å². The molecule has 0 aliphatic carbocycles. The molecule has 0 saturated carbocycles. The lowest BCUT2D eigenvalue weighted by Gasteiger charge is -2.31. The summed E-state index contributed by atoms with van der Waals surface area (Å²) >= 11 is 0. The van der Waals surface area contributed by atoms with Crippen LogP contribution in [0.2, 0.25) is 0 Å². The van der Waals surface area contributed by atoms with Crippen LogP contribution >= 0.6 is 0 Å². The quantitative estimate of drug-likeness (QED) is 0.542. The fourth-order valence-electron chi connectivity index (χ4n) is 1.57. The van der Waals surface area contributed by atoms with Crippen molar-refractivity contribution in [3.05, 3.63) is 0 Å². The maximum Gasteiger partial charge on any atom is 0.105 e. The minimum atomic E-state index is -0.541. The second-order valence-electron chi connectivity index (χ2n) is 3.24. The summed E-state index contributed by atoms with van der Waals surface area (Å²) in [7, 11) is 2.06. The maximum absolute atomic E-state index is 13.0. The molecule has 0 bridgehead atoms. The van der Waals surface area contributed by atoms with Gasteiger partial charge in [-0.1, -0.05) is 6.92 Å². The molecule has 1 rings (SSSR count). The first-order valence-corrected chi connectivity index (χ1v) is 4.06. The summed E-state index contributed by atoms with van der Waals surface area (Å²) in [6, 6.07) is 0. The standard InChI is InChI=1S/C8H16FN/c1-3-7-6-10(2)5-4-8(7)9/h7-8H,3-6H2,1-2H3/t7-,8-/m1/s1. The molecule has 2 atom stereocenters. The summed E-state index contributed by atoms with van der Waals surface area (Å²) in [5.74, 6) is 0.291. The summed E-state index contributed by atoms with van der Waals surface area (Å²) in [6.45, 7) is 3.94. The summed E-state index contributed by atoms with van der Waals surface area (Å²) in [4.78, 5) is 2.21. The second kappa shape index (κ2) is 3.33. The van der Waals surface area contributed by atoms with Gasteiger partial charge >= 0.3 is 0 Å². The van der Waals surface area contributed by atoms with Crippen LogP contribution in [0.25, 0.3) is 0 Å². The number of rotatable bonds is 1. The molecule has 60 valence electrons. The number of halogens is 1. The molecule has 0 N–H and O–H groups in total. The Kier molecular flexibility index (Phi) is 2.66. The van der Waals surface area contributed by atoms with E-state index in [0.717, 1.165) is 25.9 Å². The van der Waals surface area contributed by atoms with Crippen LogP contribution in [0.4, 0.5) is 4.39 Å². The summed E-state index contributed by atoms with van der Waals surface area (Å²) in [6.07, 6.45) is 1.17. The number of likely N-dealkylation sites (tertiary alicyclic amines) is 1. The highest BCUT2D eigenvalue weighted by atomic mass is 19.1. The van der Waals surface area contributed by atoms with E-state index in [9.17, 15) is 4.39 Å². The maximum atomic E-state index is 13.0. The van der Waals surface area contributed by atoms with Gasteiger partial charge in [0.2, 0.25) is 0 Å². The van der Waals surface area contributed by atoms with Crippen LogP contribution in [0.15, 0.2) is 0 Å². The summed E-state index contributed by atoms with van der Waals surface area (Å²) in [5.41, 5.74) is 0. The fraction of sp³-hybridized carbons (Fsp3) is 1.00. The third kappa shape index (κ3) is 1.69. The minimum Gasteiger partial charge on any atom is -0.306 e. The van der Waals surface area contributed by atoms with Gasteiger partial charge in [-0.25, -0.2) is 4.39 Å². The van der Waals surface area contributed by atoms with Crippen LogP contribution in [0, 0.1) is 5.92 Å². The molecule has 1 saturated heterocycles. The molecular formula is C8H16FN. The van der Waals surface area contributed by atoms with Crippen molar-refractivity contribution in [3.63, 3.8) is 0 Å². The fourth-order valence-corrected chi connectivity index (χ4v) is 1.57. The summed E-state index contributed by atoms with van der Waals surface area (Å²) in [5, 5.41) is 0. The van der Waals surface area contributed by atoms with Gasteiger partial charge in [0.1, 0.15) is 6.17 Å². The molecule has 10 heavy (non-hydrogen) atoms. The van der Waals surface area contributed by atoms with Crippen LogP contribution < -0.4 is 0 Å². The molecule has 1 nitrogen and oxygen atoms in total. The van der Waals surface area contributed by atoms with E-state index in [-0.39, 0.29) is 0 Å². The first-order valence-electron chi connectivity index (χ1n) is 4.06. The monoisotopic (exact) mass is 145 g/mol. The normalized spacial score (nSPS) is 36.3. The molecule has 1 aliphatic heterocycles. The van der Waals surface area contributed by atoms with Gasteiger partial charge in [0.25, 0.3) is 0 Å². The first-order chi connectivity index (χ1) is 4.74. The molecule has 0 amide bonds. The molecule has 0 unspecified atom stereocenters. The Morgan fingerprint density at radius 1 is 1.60 bits per heavy atom. The molecular weight excluding hydrogens is 129 g/mol. The van der Waals surface area contributed by atoms with Gasteiger partial charge < -0.3 is 4.90 Å². The van der Waals surface area contributed by atoms with Crippen molar-refractivity contribution in [2.24, 2.45) is 5.92 Å². The Morgan fingerprint density at radius 2 is 2.30 bits per heavy atom. The van der Waals surface area contributed by atoms with Gasteiger partial charge in [0.15, 0.2) is 0 Å². The molecule has 0 aromatic rings. The molecule has 2 heteroatoms. The van der Waals surface area contributed by atoms with E-state index in [2.05, 4.69) is 18.9 Å². The molecule has 1 aliphatic rings. The van der Waals surface area contributed by atoms with Crippen LogP contribution in [0.1, 0.15) is 19.8 Å². The molecule has 1 heterocycles. The Balaban J connectivity index is 2.38.